The molecular formula is C17H23N7O4S2. The molecule has 2 aromatic rings. The topological polar surface area (TPSA) is 121 Å². The zero-order valence-electron chi connectivity index (χ0n) is 16.5. The van der Waals surface area contributed by atoms with Crippen molar-refractivity contribution in [1.29, 1.82) is 0 Å². The lowest BCUT2D eigenvalue weighted by Gasteiger charge is -2.35. The highest BCUT2D eigenvalue weighted by Crippen LogP contribution is 2.27. The Morgan fingerprint density at radius 3 is 2.53 bits per heavy atom. The quantitative estimate of drug-likeness (QED) is 0.678. The number of carbonyl (C=O) groups excluding carboxylic acids is 1. The third-order valence-electron chi connectivity index (χ3n) is 4.85. The summed E-state index contributed by atoms with van der Waals surface area (Å²) in [6.07, 6.45) is 3.02. The number of anilines is 3. The van der Waals surface area contributed by atoms with Crippen molar-refractivity contribution in [2.24, 2.45) is 0 Å². The van der Waals surface area contributed by atoms with Crippen LogP contribution >= 0.6 is 11.3 Å². The molecule has 0 aliphatic carbocycles. The molecule has 4 rings (SSSR count). The van der Waals surface area contributed by atoms with E-state index < -0.39 is 10.0 Å². The van der Waals surface area contributed by atoms with Crippen molar-refractivity contribution in [1.82, 2.24) is 19.3 Å². The molecule has 0 saturated carbocycles. The number of morpholine rings is 1. The first-order chi connectivity index (χ1) is 14.4. The standard InChI is InChI=1S/C17H23N7O4S2/c1-13(25)20-17-19-12-15(29-17)30(26,27)24-6-4-22(5-7-24)14-2-3-18-16(21-14)23-8-10-28-11-9-23/h2-3,12H,4-11H2,1H3,(H,19,20,25). The summed E-state index contributed by atoms with van der Waals surface area (Å²) < 4.78 is 32.8. The van der Waals surface area contributed by atoms with E-state index in [2.05, 4.69) is 30.1 Å². The van der Waals surface area contributed by atoms with Crippen LogP contribution in [0, 0.1) is 0 Å². The van der Waals surface area contributed by atoms with Crippen LogP contribution in [0.15, 0.2) is 22.7 Å². The van der Waals surface area contributed by atoms with E-state index in [4.69, 9.17) is 4.74 Å². The maximum atomic E-state index is 12.9. The molecule has 4 heterocycles. The number of hydrogen-bond donors (Lipinski definition) is 1. The number of carbonyl (C=O) groups is 1. The van der Waals surface area contributed by atoms with Gasteiger partial charge in [-0.2, -0.15) is 9.29 Å². The summed E-state index contributed by atoms with van der Waals surface area (Å²) in [5.41, 5.74) is 0. The zero-order chi connectivity index (χ0) is 21.1. The first-order valence-electron chi connectivity index (χ1n) is 9.58. The number of thiazole rings is 1. The molecule has 30 heavy (non-hydrogen) atoms. The minimum absolute atomic E-state index is 0.122. The lowest BCUT2D eigenvalue weighted by molar-refractivity contribution is -0.114. The Kier molecular flexibility index (Phi) is 6.13. The lowest BCUT2D eigenvalue weighted by Crippen LogP contribution is -2.49. The first kappa shape index (κ1) is 20.9. The second-order valence-electron chi connectivity index (χ2n) is 6.87. The summed E-state index contributed by atoms with van der Waals surface area (Å²) >= 11 is 0.954. The highest BCUT2D eigenvalue weighted by molar-refractivity contribution is 7.91. The molecule has 2 aliphatic heterocycles. The molecule has 0 aromatic carbocycles. The van der Waals surface area contributed by atoms with Crippen molar-refractivity contribution < 1.29 is 17.9 Å². The van der Waals surface area contributed by atoms with Gasteiger partial charge in [0.2, 0.25) is 11.9 Å². The Bertz CT molecular complexity index is 999. The third kappa shape index (κ3) is 4.53. The van der Waals surface area contributed by atoms with Gasteiger partial charge in [-0.15, -0.1) is 0 Å². The van der Waals surface area contributed by atoms with Gasteiger partial charge in [-0.25, -0.2) is 18.4 Å². The number of amides is 1. The van der Waals surface area contributed by atoms with E-state index in [1.165, 1.54) is 17.4 Å². The van der Waals surface area contributed by atoms with Crippen LogP contribution in [0.2, 0.25) is 0 Å². The van der Waals surface area contributed by atoms with Crippen LogP contribution in [0.3, 0.4) is 0 Å². The number of nitrogens with one attached hydrogen (secondary N) is 1. The molecule has 2 saturated heterocycles. The van der Waals surface area contributed by atoms with Gasteiger partial charge in [0.1, 0.15) is 5.82 Å². The Labute approximate surface area is 178 Å². The van der Waals surface area contributed by atoms with Crippen molar-refractivity contribution in [3.8, 4) is 0 Å². The Morgan fingerprint density at radius 1 is 1.10 bits per heavy atom. The predicted octanol–water partition coefficient (Wildman–Crippen LogP) is 0.239. The van der Waals surface area contributed by atoms with E-state index >= 15 is 0 Å². The normalized spacial score (nSPS) is 18.4. The molecule has 2 fully saturated rings. The van der Waals surface area contributed by atoms with Gasteiger partial charge in [-0.3, -0.25) is 4.79 Å². The number of sulfonamides is 1. The van der Waals surface area contributed by atoms with E-state index in [-0.39, 0.29) is 15.2 Å². The average Bonchev–Trinajstić information content (AvgIpc) is 3.23. The fourth-order valence-corrected chi connectivity index (χ4v) is 5.96. The minimum Gasteiger partial charge on any atom is -0.378 e. The van der Waals surface area contributed by atoms with Crippen LogP contribution in [0.4, 0.5) is 16.9 Å². The summed E-state index contributed by atoms with van der Waals surface area (Å²) in [5, 5.41) is 2.79. The van der Waals surface area contributed by atoms with Gasteiger partial charge >= 0.3 is 0 Å². The number of hydrogen-bond acceptors (Lipinski definition) is 10. The minimum atomic E-state index is -3.65. The van der Waals surface area contributed by atoms with Crippen LogP contribution in [-0.2, 0) is 19.6 Å². The highest BCUT2D eigenvalue weighted by Gasteiger charge is 2.31. The summed E-state index contributed by atoms with van der Waals surface area (Å²) in [6, 6.07) is 1.84. The van der Waals surface area contributed by atoms with Crippen LogP contribution in [0.1, 0.15) is 6.92 Å². The van der Waals surface area contributed by atoms with E-state index in [0.29, 0.717) is 45.3 Å². The van der Waals surface area contributed by atoms with Crippen molar-refractivity contribution in [2.45, 2.75) is 11.1 Å². The van der Waals surface area contributed by atoms with Crippen molar-refractivity contribution in [3.05, 3.63) is 18.5 Å². The molecule has 162 valence electrons. The molecule has 0 spiro atoms. The summed E-state index contributed by atoms with van der Waals surface area (Å²) in [4.78, 5) is 28.3. The number of aromatic nitrogens is 3. The maximum absolute atomic E-state index is 12.9. The van der Waals surface area contributed by atoms with E-state index in [0.717, 1.165) is 30.2 Å². The van der Waals surface area contributed by atoms with E-state index in [1.807, 2.05) is 6.07 Å². The fourth-order valence-electron chi connectivity index (χ4n) is 3.30. The monoisotopic (exact) mass is 453 g/mol. The Hall–Kier alpha value is -2.35. The Morgan fingerprint density at radius 2 is 1.83 bits per heavy atom. The van der Waals surface area contributed by atoms with Gasteiger partial charge in [0, 0.05) is 52.4 Å². The van der Waals surface area contributed by atoms with E-state index in [9.17, 15) is 13.2 Å². The molecule has 0 atom stereocenters. The molecule has 2 aliphatic rings. The number of nitrogens with zero attached hydrogens (tertiary/aromatic N) is 6. The van der Waals surface area contributed by atoms with Gasteiger partial charge < -0.3 is 19.9 Å². The van der Waals surface area contributed by atoms with Gasteiger partial charge in [0.05, 0.1) is 19.4 Å². The van der Waals surface area contributed by atoms with Crippen LogP contribution in [0.5, 0.6) is 0 Å². The molecule has 2 aromatic heterocycles. The average molecular weight is 454 g/mol. The summed E-state index contributed by atoms with van der Waals surface area (Å²) in [7, 11) is -3.65. The second kappa shape index (κ2) is 8.79. The highest BCUT2D eigenvalue weighted by atomic mass is 32.2. The van der Waals surface area contributed by atoms with Gasteiger partial charge in [0.25, 0.3) is 10.0 Å². The fraction of sp³-hybridized carbons (Fsp3) is 0.529. The number of piperazine rings is 1. The Balaban J connectivity index is 1.41. The first-order valence-corrected chi connectivity index (χ1v) is 11.8. The second-order valence-corrected chi connectivity index (χ2v) is 10.1. The van der Waals surface area contributed by atoms with Crippen molar-refractivity contribution in [2.75, 3.05) is 67.6 Å². The van der Waals surface area contributed by atoms with Crippen LogP contribution in [0.25, 0.3) is 0 Å². The third-order valence-corrected chi connectivity index (χ3v) is 8.09. The van der Waals surface area contributed by atoms with Crippen molar-refractivity contribution >= 4 is 44.2 Å². The number of rotatable bonds is 5. The van der Waals surface area contributed by atoms with Crippen LogP contribution in [-0.4, -0.2) is 86.1 Å². The molecule has 1 N–H and O–H groups in total. The van der Waals surface area contributed by atoms with E-state index in [1.54, 1.807) is 6.20 Å². The van der Waals surface area contributed by atoms with Crippen molar-refractivity contribution in [3.63, 3.8) is 0 Å². The largest absolute Gasteiger partial charge is 0.378 e. The SMILES string of the molecule is CC(=O)Nc1ncc(S(=O)(=O)N2CCN(c3ccnc(N4CCOCC4)n3)CC2)s1. The number of ether oxygens (including phenoxy) is 1. The molecule has 0 unspecified atom stereocenters. The molecule has 13 heteroatoms. The molecule has 0 bridgehead atoms. The lowest BCUT2D eigenvalue weighted by atomic mass is 10.3. The van der Waals surface area contributed by atoms with Gasteiger partial charge in [-0.1, -0.05) is 11.3 Å². The maximum Gasteiger partial charge on any atom is 0.254 e. The van der Waals surface area contributed by atoms with Gasteiger partial charge in [-0.05, 0) is 6.07 Å². The van der Waals surface area contributed by atoms with Crippen LogP contribution < -0.4 is 15.1 Å². The van der Waals surface area contributed by atoms with Gasteiger partial charge in [0.15, 0.2) is 9.34 Å². The summed E-state index contributed by atoms with van der Waals surface area (Å²) in [5.74, 6) is 1.17. The molecular weight excluding hydrogens is 430 g/mol. The molecule has 1 amide bonds. The molecule has 0 radical (unpaired) electrons. The smallest absolute Gasteiger partial charge is 0.254 e. The molecule has 11 nitrogen and oxygen atoms in total. The predicted molar refractivity (Wildman–Crippen MR) is 112 cm³/mol. The zero-order valence-corrected chi connectivity index (χ0v) is 18.2. The summed E-state index contributed by atoms with van der Waals surface area (Å²) in [6.45, 7) is 5.91.